The Kier molecular flexibility index (Phi) is 4.89. The third kappa shape index (κ3) is 4.88. The lowest BCUT2D eigenvalue weighted by atomic mass is 10.1. The third-order valence-corrected chi connectivity index (χ3v) is 2.82. The fourth-order valence-corrected chi connectivity index (χ4v) is 1.89. The van der Waals surface area contributed by atoms with E-state index in [-0.39, 0.29) is 36.7 Å². The number of carbonyl (C=O) groups excluding carboxylic acids is 1. The van der Waals surface area contributed by atoms with Crippen molar-refractivity contribution < 1.29 is 9.53 Å². The van der Waals surface area contributed by atoms with E-state index in [9.17, 15) is 4.79 Å². The van der Waals surface area contributed by atoms with E-state index in [1.807, 2.05) is 18.2 Å². The van der Waals surface area contributed by atoms with Crippen LogP contribution in [0.4, 0.5) is 11.9 Å². The Bertz CT molecular complexity index is 630. The van der Waals surface area contributed by atoms with E-state index < -0.39 is 0 Å². The molecule has 0 fully saturated rings. The molecule has 0 radical (unpaired) electrons. The van der Waals surface area contributed by atoms with E-state index in [0.717, 1.165) is 5.56 Å². The van der Waals surface area contributed by atoms with Gasteiger partial charge in [-0.2, -0.15) is 15.0 Å². The van der Waals surface area contributed by atoms with E-state index in [1.54, 1.807) is 6.07 Å². The number of carbonyl (C=O) groups is 1. The van der Waals surface area contributed by atoms with Gasteiger partial charge in [-0.25, -0.2) is 0 Å². The maximum atomic E-state index is 11.7. The first kappa shape index (κ1) is 15.0. The van der Waals surface area contributed by atoms with Crippen molar-refractivity contribution in [2.24, 2.45) is 0 Å². The number of esters is 1. The van der Waals surface area contributed by atoms with Crippen molar-refractivity contribution in [1.82, 2.24) is 15.0 Å². The predicted octanol–water partition coefficient (Wildman–Crippen LogP) is 1.37. The van der Waals surface area contributed by atoms with E-state index in [2.05, 4.69) is 15.0 Å². The quantitative estimate of drug-likeness (QED) is 0.801. The number of hydrogen-bond donors (Lipinski definition) is 2. The topological polar surface area (TPSA) is 117 Å². The molecule has 2 rings (SSSR count). The lowest BCUT2D eigenvalue weighted by Crippen LogP contribution is -2.11. The molecule has 4 N–H and O–H groups in total. The SMILES string of the molecule is Nc1nc(N)nc(COC(=O)CCc2cccc(Cl)c2)n1. The smallest absolute Gasteiger partial charge is 0.306 e. The lowest BCUT2D eigenvalue weighted by molar-refractivity contribution is -0.145. The molecule has 0 saturated heterocycles. The number of aryl methyl sites for hydroxylation is 1. The summed E-state index contributed by atoms with van der Waals surface area (Å²) in [7, 11) is 0. The van der Waals surface area contributed by atoms with Crippen LogP contribution in [0.5, 0.6) is 0 Å². The fraction of sp³-hybridized carbons (Fsp3) is 0.231. The minimum atomic E-state index is -0.368. The van der Waals surface area contributed by atoms with E-state index in [4.69, 9.17) is 27.8 Å². The van der Waals surface area contributed by atoms with Crippen LogP contribution in [0.2, 0.25) is 5.02 Å². The Morgan fingerprint density at radius 3 is 2.57 bits per heavy atom. The van der Waals surface area contributed by atoms with Crippen LogP contribution in [0.25, 0.3) is 0 Å². The first-order valence-electron chi connectivity index (χ1n) is 6.19. The number of hydrogen-bond acceptors (Lipinski definition) is 7. The number of nitrogens with two attached hydrogens (primary N) is 2. The number of rotatable bonds is 5. The Hall–Kier alpha value is -2.41. The van der Waals surface area contributed by atoms with Crippen LogP contribution in [0.15, 0.2) is 24.3 Å². The van der Waals surface area contributed by atoms with Gasteiger partial charge in [0.25, 0.3) is 0 Å². The summed E-state index contributed by atoms with van der Waals surface area (Å²) in [4.78, 5) is 22.9. The molecular weight excluding hydrogens is 294 g/mol. The molecule has 0 unspecified atom stereocenters. The van der Waals surface area contributed by atoms with Crippen LogP contribution < -0.4 is 11.5 Å². The number of aromatic nitrogens is 3. The Morgan fingerprint density at radius 2 is 1.90 bits per heavy atom. The van der Waals surface area contributed by atoms with Crippen LogP contribution in [0.1, 0.15) is 17.8 Å². The maximum Gasteiger partial charge on any atom is 0.306 e. The number of nitrogens with zero attached hydrogens (tertiary/aromatic N) is 3. The molecule has 0 bridgehead atoms. The summed E-state index contributed by atoms with van der Waals surface area (Å²) in [6.45, 7) is -0.0920. The largest absolute Gasteiger partial charge is 0.457 e. The van der Waals surface area contributed by atoms with Crippen LogP contribution in [0, 0.1) is 0 Å². The summed E-state index contributed by atoms with van der Waals surface area (Å²) in [5.41, 5.74) is 11.8. The van der Waals surface area contributed by atoms with Gasteiger partial charge in [-0.1, -0.05) is 23.7 Å². The van der Waals surface area contributed by atoms with Gasteiger partial charge >= 0.3 is 5.97 Å². The number of nitrogen functional groups attached to an aromatic ring is 2. The third-order valence-electron chi connectivity index (χ3n) is 2.59. The van der Waals surface area contributed by atoms with Crippen molar-refractivity contribution in [3.05, 3.63) is 40.7 Å². The highest BCUT2D eigenvalue weighted by atomic mass is 35.5. The second-order valence-corrected chi connectivity index (χ2v) is 4.70. The molecule has 0 aliphatic carbocycles. The molecule has 1 aromatic heterocycles. The van der Waals surface area contributed by atoms with Gasteiger partial charge in [0.2, 0.25) is 11.9 Å². The maximum absolute atomic E-state index is 11.7. The van der Waals surface area contributed by atoms with Crippen molar-refractivity contribution >= 4 is 29.5 Å². The van der Waals surface area contributed by atoms with Gasteiger partial charge in [0.05, 0.1) is 0 Å². The average molecular weight is 308 g/mol. The summed E-state index contributed by atoms with van der Waals surface area (Å²) in [6, 6.07) is 7.31. The molecule has 0 atom stereocenters. The minimum absolute atomic E-state index is 0.00697. The molecule has 8 heteroatoms. The van der Waals surface area contributed by atoms with Crippen molar-refractivity contribution in [3.63, 3.8) is 0 Å². The number of halogens is 1. The summed E-state index contributed by atoms with van der Waals surface area (Å²) in [5.74, 6) is -0.163. The van der Waals surface area contributed by atoms with Crippen LogP contribution in [0.3, 0.4) is 0 Å². The summed E-state index contributed by atoms with van der Waals surface area (Å²) in [6.07, 6.45) is 0.775. The van der Waals surface area contributed by atoms with Gasteiger partial charge in [0.1, 0.15) is 0 Å². The van der Waals surface area contributed by atoms with Crippen LogP contribution in [-0.2, 0) is 22.6 Å². The molecule has 1 heterocycles. The van der Waals surface area contributed by atoms with Gasteiger partial charge in [-0.15, -0.1) is 0 Å². The molecule has 0 saturated carbocycles. The molecule has 0 spiro atoms. The molecule has 0 aliphatic rings. The van der Waals surface area contributed by atoms with Gasteiger partial charge in [0.15, 0.2) is 12.4 Å². The van der Waals surface area contributed by atoms with Crippen LogP contribution in [-0.4, -0.2) is 20.9 Å². The van der Waals surface area contributed by atoms with Crippen molar-refractivity contribution in [2.75, 3.05) is 11.5 Å². The molecule has 0 aliphatic heterocycles. The van der Waals surface area contributed by atoms with Crippen molar-refractivity contribution in [1.29, 1.82) is 0 Å². The first-order chi connectivity index (χ1) is 10.0. The van der Waals surface area contributed by atoms with E-state index in [1.165, 1.54) is 0 Å². The molecule has 110 valence electrons. The second kappa shape index (κ2) is 6.85. The minimum Gasteiger partial charge on any atom is -0.457 e. The van der Waals surface area contributed by atoms with E-state index >= 15 is 0 Å². The van der Waals surface area contributed by atoms with Gasteiger partial charge in [-0.3, -0.25) is 4.79 Å². The normalized spacial score (nSPS) is 10.3. The Morgan fingerprint density at radius 1 is 1.19 bits per heavy atom. The monoisotopic (exact) mass is 307 g/mol. The van der Waals surface area contributed by atoms with Gasteiger partial charge < -0.3 is 16.2 Å². The molecule has 0 amide bonds. The standard InChI is InChI=1S/C13H14ClN5O2/c14-9-3-1-2-8(6-9)4-5-11(20)21-7-10-17-12(15)19-13(16)18-10/h1-3,6H,4-5,7H2,(H4,15,16,17,18,19). The zero-order valence-electron chi connectivity index (χ0n) is 11.1. The molecule has 2 aromatic rings. The summed E-state index contributed by atoms with van der Waals surface area (Å²) in [5, 5.41) is 0.636. The Labute approximate surface area is 126 Å². The molecule has 21 heavy (non-hydrogen) atoms. The van der Waals surface area contributed by atoms with Crippen LogP contribution >= 0.6 is 11.6 Å². The molecule has 1 aromatic carbocycles. The van der Waals surface area contributed by atoms with Crippen molar-refractivity contribution in [3.8, 4) is 0 Å². The number of benzene rings is 1. The molecular formula is C13H14ClN5O2. The number of ether oxygens (including phenoxy) is 1. The van der Waals surface area contributed by atoms with Gasteiger partial charge in [-0.05, 0) is 24.1 Å². The second-order valence-electron chi connectivity index (χ2n) is 4.26. The first-order valence-corrected chi connectivity index (χ1v) is 6.56. The highest BCUT2D eigenvalue weighted by Crippen LogP contribution is 2.12. The summed E-state index contributed by atoms with van der Waals surface area (Å²) < 4.78 is 5.05. The summed E-state index contributed by atoms with van der Waals surface area (Å²) >= 11 is 5.87. The van der Waals surface area contributed by atoms with E-state index in [0.29, 0.717) is 11.4 Å². The van der Waals surface area contributed by atoms with Gasteiger partial charge in [0, 0.05) is 11.4 Å². The highest BCUT2D eigenvalue weighted by Gasteiger charge is 2.07. The predicted molar refractivity (Wildman–Crippen MR) is 78.2 cm³/mol. The number of anilines is 2. The average Bonchev–Trinajstić information content (AvgIpc) is 2.42. The zero-order chi connectivity index (χ0) is 15.2. The van der Waals surface area contributed by atoms with Crippen molar-refractivity contribution in [2.45, 2.75) is 19.4 Å². The zero-order valence-corrected chi connectivity index (χ0v) is 11.9. The molecule has 7 nitrogen and oxygen atoms in total. The lowest BCUT2D eigenvalue weighted by Gasteiger charge is -2.05. The Balaban J connectivity index is 1.82. The highest BCUT2D eigenvalue weighted by molar-refractivity contribution is 6.30. The fourth-order valence-electron chi connectivity index (χ4n) is 1.68.